The molecule has 0 unspecified atom stereocenters. The first-order chi connectivity index (χ1) is 14.4. The molecule has 0 atom stereocenters. The van der Waals surface area contributed by atoms with Gasteiger partial charge in [0.15, 0.2) is 11.5 Å². The largest absolute Gasteiger partial charge is 0.493 e. The maximum atomic E-state index is 12.4. The van der Waals surface area contributed by atoms with Gasteiger partial charge in [0, 0.05) is 6.54 Å². The highest BCUT2D eigenvalue weighted by atomic mass is 16.5. The zero-order valence-electron chi connectivity index (χ0n) is 17.8. The zero-order chi connectivity index (χ0) is 22.8. The number of carbonyl (C=O) groups excluding carboxylic acids is 1. The molecule has 0 saturated carbocycles. The Balaban J connectivity index is 0.00000122. The van der Waals surface area contributed by atoms with Crippen molar-refractivity contribution in [1.82, 2.24) is 5.32 Å². The molecule has 1 amide bonds. The molecule has 0 aliphatic carbocycles. The summed E-state index contributed by atoms with van der Waals surface area (Å²) in [5.41, 5.74) is 0.500. The normalized spacial score (nSPS) is 10.1. The maximum absolute atomic E-state index is 12.4. The van der Waals surface area contributed by atoms with E-state index in [1.165, 1.54) is 6.42 Å². The predicted octanol–water partition coefficient (Wildman–Crippen LogP) is 3.02. The summed E-state index contributed by atoms with van der Waals surface area (Å²) in [7, 11) is 1.58. The molecule has 0 aromatic heterocycles. The number of hydrogen-bond donors (Lipinski definition) is 3. The topological polar surface area (TPSA) is 135 Å². The number of nitrogens with zero attached hydrogens (tertiary/aromatic N) is 1. The number of para-hydroxylation sites is 1. The number of amides is 1. The average Bonchev–Trinajstić information content (AvgIpc) is 2.73. The minimum Gasteiger partial charge on any atom is -0.493 e. The Morgan fingerprint density at radius 3 is 2.33 bits per heavy atom. The molecule has 0 radical (unpaired) electrons. The number of carboxylic acid groups (broad SMARTS) is 2. The highest BCUT2D eigenvalue weighted by Crippen LogP contribution is 2.31. The lowest BCUT2D eigenvalue weighted by atomic mass is 10.1. The number of ether oxygens (including phenoxy) is 2. The van der Waals surface area contributed by atoms with Gasteiger partial charge in [0.25, 0.3) is 5.91 Å². The van der Waals surface area contributed by atoms with Crippen LogP contribution >= 0.6 is 0 Å². The third-order valence-corrected chi connectivity index (χ3v) is 3.71. The van der Waals surface area contributed by atoms with Gasteiger partial charge in [0.2, 0.25) is 0 Å². The molecule has 3 N–H and O–H groups in total. The van der Waals surface area contributed by atoms with Crippen LogP contribution in [0.15, 0.2) is 23.2 Å². The van der Waals surface area contributed by atoms with E-state index in [0.29, 0.717) is 36.8 Å². The van der Waals surface area contributed by atoms with Gasteiger partial charge in [-0.15, -0.1) is 0 Å². The Morgan fingerprint density at radius 2 is 1.77 bits per heavy atom. The van der Waals surface area contributed by atoms with Crippen molar-refractivity contribution in [1.29, 1.82) is 0 Å². The van der Waals surface area contributed by atoms with Gasteiger partial charge in [-0.2, -0.15) is 0 Å². The summed E-state index contributed by atoms with van der Waals surface area (Å²) in [6, 6.07) is 5.35. The molecule has 0 spiro atoms. The fourth-order valence-corrected chi connectivity index (χ4v) is 2.13. The van der Waals surface area contributed by atoms with E-state index < -0.39 is 11.9 Å². The number of rotatable bonds is 12. The van der Waals surface area contributed by atoms with Crippen molar-refractivity contribution in [2.75, 3.05) is 26.8 Å². The molecule has 0 bridgehead atoms. The van der Waals surface area contributed by atoms with E-state index in [0.717, 1.165) is 25.7 Å². The van der Waals surface area contributed by atoms with Crippen LogP contribution in [0.2, 0.25) is 0 Å². The lowest BCUT2D eigenvalue weighted by Crippen LogP contribution is -2.26. The molecule has 0 fully saturated rings. The van der Waals surface area contributed by atoms with Crippen LogP contribution in [0.1, 0.15) is 56.3 Å². The van der Waals surface area contributed by atoms with Crippen molar-refractivity contribution in [3.63, 3.8) is 0 Å². The van der Waals surface area contributed by atoms with Gasteiger partial charge in [-0.25, -0.2) is 9.59 Å². The lowest BCUT2D eigenvalue weighted by Gasteiger charge is -2.14. The molecule has 1 aromatic rings. The molecule has 30 heavy (non-hydrogen) atoms. The Bertz CT molecular complexity index is 678. The molecule has 1 rings (SSSR count). The van der Waals surface area contributed by atoms with Crippen LogP contribution < -0.4 is 14.8 Å². The lowest BCUT2D eigenvalue weighted by molar-refractivity contribution is -0.159. The number of aliphatic carboxylic acids is 2. The quantitative estimate of drug-likeness (QED) is 0.267. The van der Waals surface area contributed by atoms with E-state index in [2.05, 4.69) is 24.2 Å². The highest BCUT2D eigenvalue weighted by molar-refractivity contribution is 6.27. The minimum absolute atomic E-state index is 0.163. The first-order valence-corrected chi connectivity index (χ1v) is 9.91. The molecule has 168 valence electrons. The van der Waals surface area contributed by atoms with E-state index in [1.807, 2.05) is 6.21 Å². The Morgan fingerprint density at radius 1 is 1.10 bits per heavy atom. The van der Waals surface area contributed by atoms with Gasteiger partial charge in [-0.3, -0.25) is 9.79 Å². The fourth-order valence-electron chi connectivity index (χ4n) is 2.13. The summed E-state index contributed by atoms with van der Waals surface area (Å²) < 4.78 is 11.1. The predicted molar refractivity (Wildman–Crippen MR) is 114 cm³/mol. The molecule has 0 saturated heterocycles. The van der Waals surface area contributed by atoms with Crippen molar-refractivity contribution in [2.45, 2.75) is 46.0 Å². The maximum Gasteiger partial charge on any atom is 0.414 e. The molecular formula is C21H32N2O7. The summed E-state index contributed by atoms with van der Waals surface area (Å²) in [6.45, 7) is 5.92. The molecule has 9 heteroatoms. The molecule has 1 aromatic carbocycles. The SMILES string of the molecule is CCCCC=NCCNC(=O)c1cccc(OC)c1OCCCC.O=C(O)C(=O)O. The number of aliphatic imine (C=N–C) groups is 1. The number of nitrogens with one attached hydrogen (secondary N) is 1. The molecule has 9 nitrogen and oxygen atoms in total. The van der Waals surface area contributed by atoms with Crippen LogP contribution in [0.5, 0.6) is 11.5 Å². The van der Waals surface area contributed by atoms with Crippen LogP contribution in [0.25, 0.3) is 0 Å². The number of benzene rings is 1. The van der Waals surface area contributed by atoms with E-state index >= 15 is 0 Å². The fraction of sp³-hybridized carbons (Fsp3) is 0.524. The standard InChI is InChI=1S/C19H30N2O3.C2H2O4/c1-4-6-8-12-20-13-14-21-19(22)16-10-9-11-17(23-3)18(16)24-15-7-5-2;3-1(4)2(5)6/h9-12H,4-8,13-15H2,1-3H3,(H,21,22);(H,3,4)(H,5,6). The van der Waals surface area contributed by atoms with E-state index in [9.17, 15) is 4.79 Å². The molecule has 0 heterocycles. The second kappa shape index (κ2) is 16.8. The van der Waals surface area contributed by atoms with Gasteiger partial charge < -0.3 is 25.0 Å². The summed E-state index contributed by atoms with van der Waals surface area (Å²) in [6.07, 6.45) is 7.21. The van der Waals surface area contributed by atoms with Crippen molar-refractivity contribution < 1.29 is 34.1 Å². The van der Waals surface area contributed by atoms with Gasteiger partial charge >= 0.3 is 11.9 Å². The first-order valence-electron chi connectivity index (χ1n) is 9.91. The van der Waals surface area contributed by atoms with Gasteiger partial charge in [0.1, 0.15) is 0 Å². The average molecular weight is 424 g/mol. The third-order valence-electron chi connectivity index (χ3n) is 3.71. The van der Waals surface area contributed by atoms with Crippen LogP contribution in [-0.2, 0) is 9.59 Å². The van der Waals surface area contributed by atoms with Crippen molar-refractivity contribution >= 4 is 24.1 Å². The Labute approximate surface area is 177 Å². The molecular weight excluding hydrogens is 392 g/mol. The monoisotopic (exact) mass is 424 g/mol. The summed E-state index contributed by atoms with van der Waals surface area (Å²) >= 11 is 0. The van der Waals surface area contributed by atoms with E-state index in [1.54, 1.807) is 25.3 Å². The third kappa shape index (κ3) is 11.7. The van der Waals surface area contributed by atoms with Crippen molar-refractivity contribution in [3.05, 3.63) is 23.8 Å². The van der Waals surface area contributed by atoms with Gasteiger partial charge in [-0.05, 0) is 37.6 Å². The minimum atomic E-state index is -1.82. The van der Waals surface area contributed by atoms with Crippen LogP contribution in [-0.4, -0.2) is 61.1 Å². The molecule has 0 aliphatic rings. The number of unbranched alkanes of at least 4 members (excludes halogenated alkanes) is 3. The summed E-state index contributed by atoms with van der Waals surface area (Å²) in [5, 5.41) is 17.7. The van der Waals surface area contributed by atoms with Crippen LogP contribution in [0.4, 0.5) is 0 Å². The van der Waals surface area contributed by atoms with Crippen LogP contribution in [0.3, 0.4) is 0 Å². The Kier molecular flexibility index (Phi) is 15.1. The van der Waals surface area contributed by atoms with Gasteiger partial charge in [0.05, 0.1) is 25.8 Å². The van der Waals surface area contributed by atoms with E-state index in [-0.39, 0.29) is 5.91 Å². The smallest absolute Gasteiger partial charge is 0.414 e. The van der Waals surface area contributed by atoms with Crippen molar-refractivity contribution in [3.8, 4) is 11.5 Å². The second-order valence-corrected chi connectivity index (χ2v) is 6.14. The number of carbonyl (C=O) groups is 3. The first kappa shape index (κ1) is 26.9. The summed E-state index contributed by atoms with van der Waals surface area (Å²) in [4.78, 5) is 34.9. The second-order valence-electron chi connectivity index (χ2n) is 6.14. The zero-order valence-corrected chi connectivity index (χ0v) is 17.8. The number of carboxylic acids is 2. The summed E-state index contributed by atoms with van der Waals surface area (Å²) in [5.74, 6) is -2.72. The van der Waals surface area contributed by atoms with Gasteiger partial charge in [-0.1, -0.05) is 32.8 Å². The highest BCUT2D eigenvalue weighted by Gasteiger charge is 2.16. The molecule has 0 aliphatic heterocycles. The van der Waals surface area contributed by atoms with Crippen molar-refractivity contribution in [2.24, 2.45) is 4.99 Å². The number of methoxy groups -OCH3 is 1. The number of hydrogen-bond acceptors (Lipinski definition) is 6. The Hall–Kier alpha value is -3.10. The van der Waals surface area contributed by atoms with E-state index in [4.69, 9.17) is 29.3 Å². The van der Waals surface area contributed by atoms with Crippen LogP contribution in [0, 0.1) is 0 Å².